The van der Waals surface area contributed by atoms with Crippen LogP contribution in [0.1, 0.15) is 5.56 Å². The van der Waals surface area contributed by atoms with E-state index in [-0.39, 0.29) is 0 Å². The van der Waals surface area contributed by atoms with Crippen LogP contribution in [0.4, 0.5) is 0 Å². The van der Waals surface area contributed by atoms with Gasteiger partial charge in [0.1, 0.15) is 0 Å². The largest absolute Gasteiger partial charge is 0.264 e. The van der Waals surface area contributed by atoms with Gasteiger partial charge in [0.05, 0.1) is 11.0 Å². The predicted molar refractivity (Wildman–Crippen MR) is 61.8 cm³/mol. The fourth-order valence-electron chi connectivity index (χ4n) is 1.94. The number of aromatic nitrogens is 2. The lowest BCUT2D eigenvalue weighted by Gasteiger charge is -2.05. The van der Waals surface area contributed by atoms with E-state index in [1.165, 1.54) is 10.9 Å². The van der Waals surface area contributed by atoms with Gasteiger partial charge in [-0.2, -0.15) is 0 Å². The number of rotatable bonds is 0. The first-order chi connectivity index (χ1) is 7.36. The second-order valence-corrected chi connectivity index (χ2v) is 3.65. The van der Waals surface area contributed by atoms with E-state index in [9.17, 15) is 0 Å². The molecular weight excluding hydrogens is 184 g/mol. The number of fused-ring (bicyclic) bond motifs is 2. The second-order valence-electron chi connectivity index (χ2n) is 3.65. The van der Waals surface area contributed by atoms with Gasteiger partial charge in [-0.05, 0) is 24.6 Å². The smallest absolute Gasteiger partial charge is 0.0743 e. The minimum absolute atomic E-state index is 1.02. The van der Waals surface area contributed by atoms with Gasteiger partial charge in [0, 0.05) is 23.2 Å². The molecule has 2 nitrogen and oxygen atoms in total. The third kappa shape index (κ3) is 1.18. The molecule has 0 aliphatic heterocycles. The molecule has 0 saturated carbocycles. The maximum Gasteiger partial charge on any atom is 0.0743 e. The number of para-hydroxylation sites is 1. The van der Waals surface area contributed by atoms with Gasteiger partial charge in [0.2, 0.25) is 0 Å². The van der Waals surface area contributed by atoms with Gasteiger partial charge in [-0.3, -0.25) is 4.98 Å². The zero-order valence-corrected chi connectivity index (χ0v) is 8.44. The van der Waals surface area contributed by atoms with Crippen molar-refractivity contribution >= 4 is 21.8 Å². The SMILES string of the molecule is Cc1c2ccccc2nc2ccncc12. The standard InChI is InChI=1S/C13H10N2/c1-9-10-4-2-3-5-12(10)15-13-6-7-14-8-11(9)13/h2-8H,1H3. The molecule has 0 atom stereocenters. The van der Waals surface area contributed by atoms with E-state index in [4.69, 9.17) is 0 Å². The fourth-order valence-corrected chi connectivity index (χ4v) is 1.94. The summed E-state index contributed by atoms with van der Waals surface area (Å²) in [7, 11) is 0. The van der Waals surface area contributed by atoms with Crippen LogP contribution >= 0.6 is 0 Å². The van der Waals surface area contributed by atoms with E-state index >= 15 is 0 Å². The Balaban J connectivity index is 2.60. The van der Waals surface area contributed by atoms with Gasteiger partial charge in [-0.15, -0.1) is 0 Å². The molecule has 0 bridgehead atoms. The highest BCUT2D eigenvalue weighted by molar-refractivity contribution is 5.96. The summed E-state index contributed by atoms with van der Waals surface area (Å²) in [4.78, 5) is 8.74. The van der Waals surface area contributed by atoms with Crippen molar-refractivity contribution in [2.75, 3.05) is 0 Å². The summed E-state index contributed by atoms with van der Waals surface area (Å²) in [6.07, 6.45) is 3.66. The lowest BCUT2D eigenvalue weighted by atomic mass is 10.1. The van der Waals surface area contributed by atoms with Crippen molar-refractivity contribution in [1.29, 1.82) is 0 Å². The quantitative estimate of drug-likeness (QED) is 0.514. The van der Waals surface area contributed by atoms with E-state index in [2.05, 4.69) is 23.0 Å². The maximum absolute atomic E-state index is 4.60. The molecule has 2 aromatic heterocycles. The normalized spacial score (nSPS) is 11.0. The van der Waals surface area contributed by atoms with Crippen molar-refractivity contribution < 1.29 is 0 Å². The summed E-state index contributed by atoms with van der Waals surface area (Å²) >= 11 is 0. The molecule has 3 aromatic rings. The molecule has 0 aliphatic carbocycles. The van der Waals surface area contributed by atoms with E-state index in [1.54, 1.807) is 6.20 Å². The summed E-state index contributed by atoms with van der Waals surface area (Å²) in [6, 6.07) is 10.2. The van der Waals surface area contributed by atoms with Gasteiger partial charge in [0.15, 0.2) is 0 Å². The van der Waals surface area contributed by atoms with Crippen LogP contribution in [0.5, 0.6) is 0 Å². The van der Waals surface area contributed by atoms with Gasteiger partial charge in [0.25, 0.3) is 0 Å². The molecule has 0 fully saturated rings. The minimum atomic E-state index is 1.02. The van der Waals surface area contributed by atoms with Crippen LogP contribution < -0.4 is 0 Å². The Morgan fingerprint density at radius 1 is 0.933 bits per heavy atom. The average Bonchev–Trinajstić information content (AvgIpc) is 2.30. The maximum atomic E-state index is 4.60. The van der Waals surface area contributed by atoms with Crippen molar-refractivity contribution in [2.24, 2.45) is 0 Å². The Morgan fingerprint density at radius 3 is 2.67 bits per heavy atom. The molecule has 2 heteroatoms. The van der Waals surface area contributed by atoms with Crippen LogP contribution in [0, 0.1) is 6.92 Å². The van der Waals surface area contributed by atoms with Crippen LogP contribution in [-0.2, 0) is 0 Å². The highest BCUT2D eigenvalue weighted by Gasteiger charge is 2.03. The number of nitrogens with zero attached hydrogens (tertiary/aromatic N) is 2. The van der Waals surface area contributed by atoms with Crippen LogP contribution in [0.2, 0.25) is 0 Å². The Kier molecular flexibility index (Phi) is 1.68. The lowest BCUT2D eigenvalue weighted by molar-refractivity contribution is 1.33. The predicted octanol–water partition coefficient (Wildman–Crippen LogP) is 3.09. The number of hydrogen-bond acceptors (Lipinski definition) is 2. The number of pyridine rings is 2. The average molecular weight is 194 g/mol. The van der Waals surface area contributed by atoms with E-state index in [0.29, 0.717) is 0 Å². The molecule has 0 unspecified atom stereocenters. The molecule has 3 rings (SSSR count). The molecule has 2 heterocycles. The first-order valence-electron chi connectivity index (χ1n) is 4.95. The molecule has 0 spiro atoms. The minimum Gasteiger partial charge on any atom is -0.264 e. The van der Waals surface area contributed by atoms with Crippen molar-refractivity contribution in [3.05, 3.63) is 48.3 Å². The van der Waals surface area contributed by atoms with E-state index in [1.807, 2.05) is 30.5 Å². The monoisotopic (exact) mass is 194 g/mol. The Morgan fingerprint density at radius 2 is 1.73 bits per heavy atom. The Labute approximate surface area is 87.6 Å². The summed E-state index contributed by atoms with van der Waals surface area (Å²) < 4.78 is 0. The number of hydrogen-bond donors (Lipinski definition) is 0. The van der Waals surface area contributed by atoms with Gasteiger partial charge in [-0.1, -0.05) is 18.2 Å². The summed E-state index contributed by atoms with van der Waals surface area (Å²) in [5.74, 6) is 0. The summed E-state index contributed by atoms with van der Waals surface area (Å²) in [5.41, 5.74) is 3.32. The highest BCUT2D eigenvalue weighted by atomic mass is 14.7. The highest BCUT2D eigenvalue weighted by Crippen LogP contribution is 2.23. The van der Waals surface area contributed by atoms with Crippen LogP contribution in [0.3, 0.4) is 0 Å². The Bertz CT molecular complexity index is 590. The third-order valence-corrected chi connectivity index (χ3v) is 2.75. The van der Waals surface area contributed by atoms with Crippen LogP contribution in [0.15, 0.2) is 42.7 Å². The lowest BCUT2D eigenvalue weighted by Crippen LogP contribution is -1.87. The molecule has 1 aromatic carbocycles. The topological polar surface area (TPSA) is 25.8 Å². The molecule has 72 valence electrons. The molecule has 15 heavy (non-hydrogen) atoms. The Hall–Kier alpha value is -1.96. The number of benzene rings is 1. The molecule has 0 saturated heterocycles. The molecule has 0 radical (unpaired) electrons. The molecule has 0 N–H and O–H groups in total. The van der Waals surface area contributed by atoms with E-state index in [0.717, 1.165) is 16.4 Å². The molecule has 0 aliphatic rings. The zero-order chi connectivity index (χ0) is 10.3. The zero-order valence-electron chi connectivity index (χ0n) is 8.44. The van der Waals surface area contributed by atoms with E-state index < -0.39 is 0 Å². The van der Waals surface area contributed by atoms with Crippen LogP contribution in [0.25, 0.3) is 21.8 Å². The van der Waals surface area contributed by atoms with Gasteiger partial charge in [-0.25, -0.2) is 4.98 Å². The van der Waals surface area contributed by atoms with Crippen molar-refractivity contribution in [1.82, 2.24) is 9.97 Å². The second kappa shape index (κ2) is 3.02. The van der Waals surface area contributed by atoms with Crippen molar-refractivity contribution in [2.45, 2.75) is 6.92 Å². The number of aryl methyl sites for hydroxylation is 1. The van der Waals surface area contributed by atoms with Gasteiger partial charge < -0.3 is 0 Å². The summed E-state index contributed by atoms with van der Waals surface area (Å²) in [5, 5.41) is 2.34. The molecular formula is C13H10N2. The first-order valence-corrected chi connectivity index (χ1v) is 4.95. The summed E-state index contributed by atoms with van der Waals surface area (Å²) in [6.45, 7) is 2.12. The van der Waals surface area contributed by atoms with Crippen LogP contribution in [-0.4, -0.2) is 9.97 Å². The molecule has 0 amide bonds. The fraction of sp³-hybridized carbons (Fsp3) is 0.0769. The van der Waals surface area contributed by atoms with Crippen molar-refractivity contribution in [3.63, 3.8) is 0 Å². The third-order valence-electron chi connectivity index (χ3n) is 2.75. The first kappa shape index (κ1) is 8.36. The van der Waals surface area contributed by atoms with Crippen molar-refractivity contribution in [3.8, 4) is 0 Å². The van der Waals surface area contributed by atoms with Gasteiger partial charge >= 0.3 is 0 Å².